The number of carbonyl (C=O) groups is 3. The molecule has 1 N–H and O–H groups in total. The molecule has 1 aliphatic carbocycles. The van der Waals surface area contributed by atoms with Crippen LogP contribution in [-0.4, -0.2) is 36.2 Å². The first kappa shape index (κ1) is 21.2. The maximum atomic E-state index is 13.0. The van der Waals surface area contributed by atoms with Crippen LogP contribution in [-0.2, 0) is 20.7 Å². The molecular weight excluding hydrogens is 408 g/mol. The zero-order chi connectivity index (χ0) is 22.5. The summed E-state index contributed by atoms with van der Waals surface area (Å²) in [4.78, 5) is 41.1. The van der Waals surface area contributed by atoms with Crippen molar-refractivity contribution in [1.29, 1.82) is 0 Å². The van der Waals surface area contributed by atoms with Crippen LogP contribution < -0.4 is 5.32 Å². The van der Waals surface area contributed by atoms with Gasteiger partial charge in [-0.1, -0.05) is 48.5 Å². The highest BCUT2D eigenvalue weighted by molar-refractivity contribution is 6.07. The van der Waals surface area contributed by atoms with Crippen molar-refractivity contribution in [1.82, 2.24) is 10.3 Å². The third-order valence-corrected chi connectivity index (χ3v) is 5.14. The number of nitrogens with zero attached hydrogens (tertiary/aromatic N) is 1. The summed E-state index contributed by atoms with van der Waals surface area (Å²) in [6.45, 7) is 1.17. The Morgan fingerprint density at radius 1 is 1.00 bits per heavy atom. The number of para-hydroxylation sites is 1. The number of fused-ring (bicyclic) bond motifs is 2. The molecule has 1 heterocycles. The summed E-state index contributed by atoms with van der Waals surface area (Å²) in [5.74, 6) is -1.38. The monoisotopic (exact) mass is 430 g/mol. The third-order valence-electron chi connectivity index (χ3n) is 5.14. The maximum Gasteiger partial charge on any atom is 0.413 e. The number of hydrogen-bond donors (Lipinski definition) is 1. The molecule has 0 atom stereocenters. The minimum Gasteiger partial charge on any atom is -0.452 e. The number of esters is 1. The molecule has 7 nitrogen and oxygen atoms in total. The fraction of sp³-hybridized carbons (Fsp3) is 0.200. The molecule has 2 aromatic carbocycles. The van der Waals surface area contributed by atoms with Crippen LogP contribution >= 0.6 is 0 Å². The average Bonchev–Trinajstić information content (AvgIpc) is 3.18. The van der Waals surface area contributed by atoms with E-state index in [1.165, 1.54) is 0 Å². The molecule has 0 bridgehead atoms. The van der Waals surface area contributed by atoms with Crippen LogP contribution in [0, 0.1) is 0 Å². The van der Waals surface area contributed by atoms with Crippen molar-refractivity contribution in [3.05, 3.63) is 77.0 Å². The highest BCUT2D eigenvalue weighted by atomic mass is 16.6. The van der Waals surface area contributed by atoms with Crippen molar-refractivity contribution < 1.29 is 23.9 Å². The summed E-state index contributed by atoms with van der Waals surface area (Å²) in [6.07, 6.45) is 2.59. The molecular formula is C25H22N2O5. The van der Waals surface area contributed by atoms with Gasteiger partial charge in [0, 0.05) is 5.39 Å². The van der Waals surface area contributed by atoms with Crippen molar-refractivity contribution in [2.45, 2.75) is 19.8 Å². The fourth-order valence-electron chi connectivity index (χ4n) is 3.78. The minimum atomic E-state index is -0.875. The quantitative estimate of drug-likeness (QED) is 0.611. The van der Waals surface area contributed by atoms with Crippen LogP contribution in [0.1, 0.15) is 40.5 Å². The average molecular weight is 430 g/mol. The molecule has 0 aliphatic heterocycles. The third kappa shape index (κ3) is 4.51. The van der Waals surface area contributed by atoms with E-state index < -0.39 is 24.6 Å². The summed E-state index contributed by atoms with van der Waals surface area (Å²) < 4.78 is 9.91. The van der Waals surface area contributed by atoms with Crippen LogP contribution in [0.2, 0.25) is 0 Å². The van der Waals surface area contributed by atoms with E-state index in [-0.39, 0.29) is 6.61 Å². The SMILES string of the molecule is CCOC(=O)NC(=O)COC(=O)c1c2c(nc3ccccc13)/C(=C/c1ccccc1)CC2. The van der Waals surface area contributed by atoms with Gasteiger partial charge in [0.15, 0.2) is 6.61 Å². The molecule has 4 rings (SSSR count). The molecule has 1 aromatic heterocycles. The van der Waals surface area contributed by atoms with Gasteiger partial charge in [0.25, 0.3) is 5.91 Å². The number of aromatic nitrogens is 1. The fourth-order valence-corrected chi connectivity index (χ4v) is 3.78. The van der Waals surface area contributed by atoms with E-state index in [1.54, 1.807) is 6.92 Å². The topological polar surface area (TPSA) is 94.6 Å². The normalized spacial score (nSPS) is 13.6. The minimum absolute atomic E-state index is 0.132. The van der Waals surface area contributed by atoms with Crippen molar-refractivity contribution in [3.8, 4) is 0 Å². The number of alkyl carbamates (subject to hydrolysis) is 1. The summed E-state index contributed by atoms with van der Waals surface area (Å²) in [5.41, 5.74) is 4.77. The lowest BCUT2D eigenvalue weighted by Gasteiger charge is -2.12. The lowest BCUT2D eigenvalue weighted by atomic mass is 10.0. The molecule has 2 amide bonds. The molecule has 7 heteroatoms. The Bertz CT molecular complexity index is 1220. The number of hydrogen-bond acceptors (Lipinski definition) is 6. The zero-order valence-electron chi connectivity index (χ0n) is 17.6. The molecule has 162 valence electrons. The van der Waals surface area contributed by atoms with Gasteiger partial charge in [-0.25, -0.2) is 14.6 Å². The molecule has 0 unspecified atom stereocenters. The van der Waals surface area contributed by atoms with Crippen molar-refractivity contribution >= 4 is 40.5 Å². The number of pyridine rings is 1. The number of allylic oxidation sites excluding steroid dienone is 1. The predicted octanol–water partition coefficient (Wildman–Crippen LogP) is 4.15. The smallest absolute Gasteiger partial charge is 0.413 e. The maximum absolute atomic E-state index is 13.0. The van der Waals surface area contributed by atoms with E-state index in [1.807, 2.05) is 59.9 Å². The van der Waals surface area contributed by atoms with E-state index in [4.69, 9.17) is 9.72 Å². The summed E-state index contributed by atoms with van der Waals surface area (Å²) in [5, 5.41) is 2.68. The van der Waals surface area contributed by atoms with Gasteiger partial charge >= 0.3 is 12.1 Å². The van der Waals surface area contributed by atoms with E-state index in [2.05, 4.69) is 10.8 Å². The Morgan fingerprint density at radius 2 is 1.75 bits per heavy atom. The Hall–Kier alpha value is -4.00. The van der Waals surface area contributed by atoms with Gasteiger partial charge in [0.2, 0.25) is 0 Å². The Labute approximate surface area is 185 Å². The first-order valence-electron chi connectivity index (χ1n) is 10.4. The standard InChI is InChI=1S/C25H22N2O5/c1-2-31-25(30)27-21(28)15-32-24(29)22-18-10-6-7-11-20(18)26-23-17(12-13-19(22)23)14-16-8-4-3-5-9-16/h3-11,14H,2,12-13,15H2,1H3,(H,27,28,30)/b17-14+. The Balaban J connectivity index is 1.65. The van der Waals surface area contributed by atoms with Gasteiger partial charge < -0.3 is 9.47 Å². The van der Waals surface area contributed by atoms with Crippen LogP contribution in [0.25, 0.3) is 22.6 Å². The predicted molar refractivity (Wildman–Crippen MR) is 120 cm³/mol. The molecule has 0 saturated carbocycles. The lowest BCUT2D eigenvalue weighted by molar-refractivity contribution is -0.123. The molecule has 0 fully saturated rings. The van der Waals surface area contributed by atoms with E-state index >= 15 is 0 Å². The van der Waals surface area contributed by atoms with Crippen molar-refractivity contribution in [3.63, 3.8) is 0 Å². The number of imide groups is 1. The van der Waals surface area contributed by atoms with Gasteiger partial charge in [-0.05, 0) is 48.6 Å². The molecule has 3 aromatic rings. The highest BCUT2D eigenvalue weighted by Gasteiger charge is 2.28. The van der Waals surface area contributed by atoms with Crippen LogP contribution in [0.15, 0.2) is 54.6 Å². The lowest BCUT2D eigenvalue weighted by Crippen LogP contribution is -2.34. The molecule has 1 aliphatic rings. The first-order chi connectivity index (χ1) is 15.6. The molecule has 0 spiro atoms. The van der Waals surface area contributed by atoms with E-state index in [0.717, 1.165) is 28.8 Å². The number of benzene rings is 2. The van der Waals surface area contributed by atoms with Gasteiger partial charge in [-0.3, -0.25) is 10.1 Å². The Morgan fingerprint density at radius 3 is 2.53 bits per heavy atom. The molecule has 0 saturated heterocycles. The van der Waals surface area contributed by atoms with Gasteiger partial charge in [0.05, 0.1) is 23.4 Å². The largest absolute Gasteiger partial charge is 0.452 e. The second kappa shape index (κ2) is 9.43. The summed E-state index contributed by atoms with van der Waals surface area (Å²) >= 11 is 0. The van der Waals surface area contributed by atoms with Gasteiger partial charge in [-0.15, -0.1) is 0 Å². The van der Waals surface area contributed by atoms with Gasteiger partial charge in [-0.2, -0.15) is 0 Å². The van der Waals surface area contributed by atoms with E-state index in [0.29, 0.717) is 22.9 Å². The number of carbonyl (C=O) groups excluding carboxylic acids is 3. The van der Waals surface area contributed by atoms with Crippen LogP contribution in [0.5, 0.6) is 0 Å². The first-order valence-corrected chi connectivity index (χ1v) is 10.4. The number of rotatable bonds is 5. The van der Waals surface area contributed by atoms with Crippen molar-refractivity contribution in [2.24, 2.45) is 0 Å². The zero-order valence-corrected chi connectivity index (χ0v) is 17.6. The number of nitrogens with one attached hydrogen (secondary N) is 1. The summed E-state index contributed by atoms with van der Waals surface area (Å²) in [6, 6.07) is 17.3. The molecule has 0 radical (unpaired) electrons. The van der Waals surface area contributed by atoms with Gasteiger partial charge in [0.1, 0.15) is 0 Å². The van der Waals surface area contributed by atoms with Crippen molar-refractivity contribution in [2.75, 3.05) is 13.2 Å². The second-order valence-electron chi connectivity index (χ2n) is 7.26. The van der Waals surface area contributed by atoms with E-state index in [9.17, 15) is 14.4 Å². The summed E-state index contributed by atoms with van der Waals surface area (Å²) in [7, 11) is 0. The highest BCUT2D eigenvalue weighted by Crippen LogP contribution is 2.37. The molecule has 32 heavy (non-hydrogen) atoms. The van der Waals surface area contributed by atoms with Crippen LogP contribution in [0.3, 0.4) is 0 Å². The Kier molecular flexibility index (Phi) is 6.26. The number of ether oxygens (including phenoxy) is 2. The second-order valence-corrected chi connectivity index (χ2v) is 7.26. The number of amides is 2. The van der Waals surface area contributed by atoms with Crippen LogP contribution in [0.4, 0.5) is 4.79 Å².